The molecule has 5 rings (SSSR count). The summed E-state index contributed by atoms with van der Waals surface area (Å²) >= 11 is 3.22. The fourth-order valence-electron chi connectivity index (χ4n) is 3.68. The summed E-state index contributed by atoms with van der Waals surface area (Å²) in [5.74, 6) is 0.148. The molecule has 0 unspecified atom stereocenters. The van der Waals surface area contributed by atoms with Gasteiger partial charge in [-0.3, -0.25) is 9.78 Å². The zero-order valence-electron chi connectivity index (χ0n) is 16.6. The van der Waals surface area contributed by atoms with E-state index in [9.17, 15) is 4.79 Å². The highest BCUT2D eigenvalue weighted by Crippen LogP contribution is 2.37. The van der Waals surface area contributed by atoms with Crippen LogP contribution < -0.4 is 10.6 Å². The van der Waals surface area contributed by atoms with Crippen molar-refractivity contribution < 1.29 is 4.79 Å². The fourth-order valence-corrected chi connectivity index (χ4v) is 5.68. The third kappa shape index (κ3) is 3.82. The molecule has 1 amide bonds. The summed E-state index contributed by atoms with van der Waals surface area (Å²) in [5, 5.41) is 8.25. The second-order valence-corrected chi connectivity index (χ2v) is 9.41. The number of hydrogen-bond acceptors (Lipinski definition) is 8. The van der Waals surface area contributed by atoms with Crippen molar-refractivity contribution in [3.8, 4) is 0 Å². The lowest BCUT2D eigenvalue weighted by Gasteiger charge is -2.14. The molecule has 0 spiro atoms. The SMILES string of the molecule is Cc1c2nc(NCC(=O)N3CCCC3)sc2cc2sc(NCc3ccccn3)nc12. The molecular weight excluding hydrogens is 416 g/mol. The Kier molecular flexibility index (Phi) is 5.22. The maximum absolute atomic E-state index is 12.3. The van der Waals surface area contributed by atoms with E-state index in [4.69, 9.17) is 9.97 Å². The predicted octanol–water partition coefficient (Wildman–Crippen LogP) is 4.26. The average molecular weight is 439 g/mol. The number of carbonyl (C=O) groups excluding carboxylic acids is 1. The van der Waals surface area contributed by atoms with Crippen molar-refractivity contribution in [3.63, 3.8) is 0 Å². The molecule has 1 saturated heterocycles. The second kappa shape index (κ2) is 8.16. The number of anilines is 2. The number of thiazole rings is 2. The molecule has 9 heteroatoms. The van der Waals surface area contributed by atoms with Gasteiger partial charge in [0.2, 0.25) is 5.91 Å². The molecule has 0 aliphatic carbocycles. The molecule has 1 aliphatic heterocycles. The Balaban J connectivity index is 1.33. The van der Waals surface area contributed by atoms with E-state index in [2.05, 4.69) is 28.6 Å². The van der Waals surface area contributed by atoms with Crippen molar-refractivity contribution in [1.29, 1.82) is 0 Å². The Labute approximate surface area is 182 Å². The third-order valence-corrected chi connectivity index (χ3v) is 7.20. The van der Waals surface area contributed by atoms with Crippen LogP contribution in [0.1, 0.15) is 24.1 Å². The van der Waals surface area contributed by atoms with E-state index in [1.165, 1.54) is 0 Å². The average Bonchev–Trinajstić information content (AvgIpc) is 3.51. The lowest BCUT2D eigenvalue weighted by molar-refractivity contribution is -0.128. The highest BCUT2D eigenvalue weighted by molar-refractivity contribution is 7.24. The summed E-state index contributed by atoms with van der Waals surface area (Å²) in [6.45, 7) is 4.75. The number of nitrogens with one attached hydrogen (secondary N) is 2. The molecule has 154 valence electrons. The van der Waals surface area contributed by atoms with Crippen LogP contribution in [-0.4, -0.2) is 45.4 Å². The number of amides is 1. The zero-order chi connectivity index (χ0) is 20.5. The van der Waals surface area contributed by atoms with Crippen LogP contribution in [0.15, 0.2) is 30.5 Å². The Bertz CT molecular complexity index is 1200. The molecule has 2 N–H and O–H groups in total. The van der Waals surface area contributed by atoms with Gasteiger partial charge in [0.1, 0.15) is 0 Å². The molecule has 1 aromatic carbocycles. The van der Waals surface area contributed by atoms with Crippen LogP contribution >= 0.6 is 22.7 Å². The Morgan fingerprint density at radius 2 is 1.77 bits per heavy atom. The van der Waals surface area contributed by atoms with E-state index >= 15 is 0 Å². The van der Waals surface area contributed by atoms with Crippen LogP contribution in [0.3, 0.4) is 0 Å². The van der Waals surface area contributed by atoms with Crippen LogP contribution in [0.5, 0.6) is 0 Å². The van der Waals surface area contributed by atoms with Crippen molar-refractivity contribution >= 4 is 59.3 Å². The number of benzene rings is 1. The molecule has 0 saturated carbocycles. The monoisotopic (exact) mass is 438 g/mol. The molecule has 1 fully saturated rings. The number of fused-ring (bicyclic) bond motifs is 2. The summed E-state index contributed by atoms with van der Waals surface area (Å²) in [6, 6.07) is 8.03. The van der Waals surface area contributed by atoms with Crippen LogP contribution in [0.4, 0.5) is 10.3 Å². The standard InChI is InChI=1S/C21H22N6OS2/c1-13-18-15(29-20(25-18)23-11-14-6-2-3-7-22-14)10-16-19(13)26-21(30-16)24-12-17(28)27-8-4-5-9-27/h2-3,6-7,10H,4-5,8-9,11-12H2,1H3,(H,23,25)(H,24,26). The van der Waals surface area contributed by atoms with Gasteiger partial charge in [-0.15, -0.1) is 0 Å². The van der Waals surface area contributed by atoms with Gasteiger partial charge in [-0.05, 0) is 38.0 Å². The summed E-state index contributed by atoms with van der Waals surface area (Å²) in [4.78, 5) is 28.0. The van der Waals surface area contributed by atoms with Crippen molar-refractivity contribution in [2.45, 2.75) is 26.3 Å². The maximum Gasteiger partial charge on any atom is 0.241 e. The van der Waals surface area contributed by atoms with Gasteiger partial charge in [-0.2, -0.15) is 0 Å². The predicted molar refractivity (Wildman–Crippen MR) is 123 cm³/mol. The van der Waals surface area contributed by atoms with E-state index in [1.807, 2.05) is 23.1 Å². The van der Waals surface area contributed by atoms with Gasteiger partial charge >= 0.3 is 0 Å². The minimum atomic E-state index is 0.148. The topological polar surface area (TPSA) is 83.0 Å². The molecule has 3 aromatic heterocycles. The zero-order valence-corrected chi connectivity index (χ0v) is 18.3. The minimum absolute atomic E-state index is 0.148. The number of pyridine rings is 1. The van der Waals surface area contributed by atoms with E-state index in [-0.39, 0.29) is 5.91 Å². The number of aryl methyl sites for hydroxylation is 1. The number of rotatable bonds is 6. The van der Waals surface area contributed by atoms with Crippen LogP contribution in [-0.2, 0) is 11.3 Å². The largest absolute Gasteiger partial charge is 0.356 e. The summed E-state index contributed by atoms with van der Waals surface area (Å²) in [5.41, 5.74) is 3.97. The summed E-state index contributed by atoms with van der Waals surface area (Å²) < 4.78 is 2.24. The molecule has 0 radical (unpaired) electrons. The number of aromatic nitrogens is 3. The minimum Gasteiger partial charge on any atom is -0.356 e. The maximum atomic E-state index is 12.3. The summed E-state index contributed by atoms with van der Waals surface area (Å²) in [7, 11) is 0. The quantitative estimate of drug-likeness (QED) is 0.468. The van der Waals surface area contributed by atoms with Crippen molar-refractivity contribution in [2.75, 3.05) is 30.3 Å². The first kappa shape index (κ1) is 19.2. The number of hydrogen-bond donors (Lipinski definition) is 2. The first-order valence-corrected chi connectivity index (χ1v) is 11.7. The van der Waals surface area contributed by atoms with E-state index in [0.717, 1.165) is 67.9 Å². The van der Waals surface area contributed by atoms with Gasteiger partial charge in [0.05, 0.1) is 39.2 Å². The molecular formula is C21H22N6OS2. The first-order valence-electron chi connectivity index (χ1n) is 10.0. The lowest BCUT2D eigenvalue weighted by atomic mass is 10.2. The van der Waals surface area contributed by atoms with Crippen LogP contribution in [0.25, 0.3) is 20.4 Å². The third-order valence-electron chi connectivity index (χ3n) is 5.28. The molecule has 0 atom stereocenters. The van der Waals surface area contributed by atoms with E-state index < -0.39 is 0 Å². The van der Waals surface area contributed by atoms with Gasteiger partial charge in [0.15, 0.2) is 10.3 Å². The van der Waals surface area contributed by atoms with Crippen LogP contribution in [0.2, 0.25) is 0 Å². The van der Waals surface area contributed by atoms with Gasteiger partial charge in [-0.25, -0.2) is 9.97 Å². The first-order chi connectivity index (χ1) is 14.7. The lowest BCUT2D eigenvalue weighted by Crippen LogP contribution is -2.32. The Morgan fingerprint density at radius 3 is 2.43 bits per heavy atom. The van der Waals surface area contributed by atoms with Crippen LogP contribution in [0, 0.1) is 6.92 Å². The van der Waals surface area contributed by atoms with E-state index in [1.54, 1.807) is 28.9 Å². The van der Waals surface area contributed by atoms with Gasteiger partial charge in [-0.1, -0.05) is 28.7 Å². The van der Waals surface area contributed by atoms with Gasteiger partial charge < -0.3 is 15.5 Å². The fraction of sp³-hybridized carbons (Fsp3) is 0.333. The molecule has 1 aliphatic rings. The van der Waals surface area contributed by atoms with E-state index in [0.29, 0.717) is 13.1 Å². The molecule has 4 heterocycles. The van der Waals surface area contributed by atoms with Crippen molar-refractivity contribution in [1.82, 2.24) is 19.9 Å². The van der Waals surface area contributed by atoms with Crippen molar-refractivity contribution in [2.24, 2.45) is 0 Å². The molecule has 7 nitrogen and oxygen atoms in total. The second-order valence-electron chi connectivity index (χ2n) is 7.35. The Hall–Kier alpha value is -2.78. The highest BCUT2D eigenvalue weighted by atomic mass is 32.1. The van der Waals surface area contributed by atoms with Gasteiger partial charge in [0, 0.05) is 24.8 Å². The smallest absolute Gasteiger partial charge is 0.241 e. The normalized spacial score (nSPS) is 14.0. The molecule has 4 aromatic rings. The number of carbonyl (C=O) groups is 1. The van der Waals surface area contributed by atoms with Gasteiger partial charge in [0.25, 0.3) is 0 Å². The molecule has 30 heavy (non-hydrogen) atoms. The summed E-state index contributed by atoms with van der Waals surface area (Å²) in [6.07, 6.45) is 4.01. The highest BCUT2D eigenvalue weighted by Gasteiger charge is 2.18. The molecule has 0 bridgehead atoms. The van der Waals surface area contributed by atoms with Crippen molar-refractivity contribution in [3.05, 3.63) is 41.7 Å². The number of nitrogens with zero attached hydrogens (tertiary/aromatic N) is 4. The number of likely N-dealkylation sites (tertiary alicyclic amines) is 1. The Morgan fingerprint density at radius 1 is 1.07 bits per heavy atom.